The lowest BCUT2D eigenvalue weighted by Crippen LogP contribution is -1.93. The van der Waals surface area contributed by atoms with Gasteiger partial charge in [-0.3, -0.25) is 0 Å². The molecule has 31 heavy (non-hydrogen) atoms. The Morgan fingerprint density at radius 1 is 0.968 bits per heavy atom. The smallest absolute Gasteiger partial charge is 0.135 e. The van der Waals surface area contributed by atoms with Crippen LogP contribution in [0.15, 0.2) is 85.1 Å². The van der Waals surface area contributed by atoms with Crippen LogP contribution < -0.4 is 0 Å². The highest BCUT2D eigenvalue weighted by atomic mass is 35.5. The van der Waals surface area contributed by atoms with E-state index in [4.69, 9.17) is 16.7 Å². The van der Waals surface area contributed by atoms with Gasteiger partial charge in [0.15, 0.2) is 0 Å². The van der Waals surface area contributed by atoms with Crippen molar-refractivity contribution in [2.45, 2.75) is 0 Å². The Balaban J connectivity index is 1.66. The molecule has 0 fully saturated rings. The Morgan fingerprint density at radius 3 is 2.45 bits per heavy atom. The standard InChI is InChI=1S/C25H15ClN4S/c26-20-12-10-17(11-13-20)24-19(16-30(29-24)21-6-2-1-3-7-21)14-18(15-27)25-28-22-8-4-5-9-23(22)31-25/h1-14,16H/b18-14-. The van der Waals surface area contributed by atoms with Crippen LogP contribution in [0.4, 0.5) is 0 Å². The van der Waals surface area contributed by atoms with Crippen LogP contribution in [0.25, 0.3) is 38.8 Å². The number of hydrogen-bond donors (Lipinski definition) is 0. The molecule has 6 heteroatoms. The molecule has 0 unspecified atom stereocenters. The third-order valence-electron chi connectivity index (χ3n) is 4.83. The molecule has 0 amide bonds. The molecule has 0 atom stereocenters. The van der Waals surface area contributed by atoms with Gasteiger partial charge in [0.05, 0.1) is 27.2 Å². The van der Waals surface area contributed by atoms with Crippen LogP contribution in [0.1, 0.15) is 10.6 Å². The summed E-state index contributed by atoms with van der Waals surface area (Å²) in [6, 6.07) is 27.6. The van der Waals surface area contributed by atoms with Crippen LogP contribution in [0, 0.1) is 11.3 Å². The van der Waals surface area contributed by atoms with Gasteiger partial charge in [-0.05, 0) is 42.5 Å². The molecular weight excluding hydrogens is 424 g/mol. The van der Waals surface area contributed by atoms with Gasteiger partial charge in [-0.15, -0.1) is 11.3 Å². The van der Waals surface area contributed by atoms with Crippen LogP contribution in [0.5, 0.6) is 0 Å². The SMILES string of the molecule is N#C/C(=C/c1cn(-c2ccccc2)nc1-c1ccc(Cl)cc1)c1nc2ccccc2s1. The van der Waals surface area contributed by atoms with Crippen molar-refractivity contribution in [3.8, 4) is 23.0 Å². The summed E-state index contributed by atoms with van der Waals surface area (Å²) in [7, 11) is 0. The molecule has 0 radical (unpaired) electrons. The molecule has 3 aromatic carbocycles. The number of rotatable bonds is 4. The van der Waals surface area contributed by atoms with Gasteiger partial charge in [0.25, 0.3) is 0 Å². The number of halogens is 1. The maximum atomic E-state index is 9.89. The lowest BCUT2D eigenvalue weighted by molar-refractivity contribution is 0.884. The fraction of sp³-hybridized carbons (Fsp3) is 0. The molecule has 148 valence electrons. The summed E-state index contributed by atoms with van der Waals surface area (Å²) in [5.41, 5.74) is 4.87. The number of nitriles is 1. The number of nitrogens with zero attached hydrogens (tertiary/aromatic N) is 4. The van der Waals surface area contributed by atoms with Gasteiger partial charge in [-0.1, -0.05) is 54.1 Å². The predicted octanol–water partition coefficient (Wildman–Crippen LogP) is 6.87. The van der Waals surface area contributed by atoms with E-state index in [0.29, 0.717) is 15.6 Å². The van der Waals surface area contributed by atoms with Crippen LogP contribution in [0.3, 0.4) is 0 Å². The van der Waals surface area contributed by atoms with Gasteiger partial charge in [-0.2, -0.15) is 10.4 Å². The summed E-state index contributed by atoms with van der Waals surface area (Å²) < 4.78 is 2.87. The first-order valence-electron chi connectivity index (χ1n) is 9.60. The van der Waals surface area contributed by atoms with Crippen molar-refractivity contribution in [1.82, 2.24) is 14.8 Å². The highest BCUT2D eigenvalue weighted by molar-refractivity contribution is 7.19. The van der Waals surface area contributed by atoms with Gasteiger partial charge in [0, 0.05) is 22.3 Å². The third kappa shape index (κ3) is 3.87. The molecule has 0 bridgehead atoms. The Bertz CT molecular complexity index is 1410. The number of para-hydroxylation sites is 2. The van der Waals surface area contributed by atoms with Crippen LogP contribution >= 0.6 is 22.9 Å². The maximum absolute atomic E-state index is 9.89. The average Bonchev–Trinajstić information content (AvgIpc) is 3.43. The van der Waals surface area contributed by atoms with Crippen molar-refractivity contribution in [2.75, 3.05) is 0 Å². The molecule has 0 aliphatic carbocycles. The summed E-state index contributed by atoms with van der Waals surface area (Å²) in [5.74, 6) is 0. The molecule has 0 N–H and O–H groups in total. The number of benzene rings is 3. The highest BCUT2D eigenvalue weighted by Gasteiger charge is 2.14. The molecule has 5 rings (SSSR count). The van der Waals surface area contributed by atoms with E-state index in [0.717, 1.165) is 32.7 Å². The Morgan fingerprint density at radius 2 is 1.71 bits per heavy atom. The fourth-order valence-electron chi connectivity index (χ4n) is 3.32. The summed E-state index contributed by atoms with van der Waals surface area (Å²) in [5, 5.41) is 16.1. The summed E-state index contributed by atoms with van der Waals surface area (Å²) in [4.78, 5) is 4.64. The van der Waals surface area contributed by atoms with Crippen molar-refractivity contribution >= 4 is 44.8 Å². The van der Waals surface area contributed by atoms with E-state index in [2.05, 4.69) is 11.1 Å². The third-order valence-corrected chi connectivity index (χ3v) is 6.15. The second-order valence-corrected chi connectivity index (χ2v) is 8.34. The Labute approximate surface area is 188 Å². The zero-order valence-electron chi connectivity index (χ0n) is 16.2. The fourth-order valence-corrected chi connectivity index (χ4v) is 4.38. The van der Waals surface area contributed by atoms with E-state index >= 15 is 0 Å². The first-order chi connectivity index (χ1) is 15.2. The van der Waals surface area contributed by atoms with E-state index < -0.39 is 0 Å². The number of aromatic nitrogens is 3. The van der Waals surface area contributed by atoms with Gasteiger partial charge < -0.3 is 0 Å². The zero-order chi connectivity index (χ0) is 21.2. The lowest BCUT2D eigenvalue weighted by Gasteiger charge is -2.01. The molecule has 0 saturated carbocycles. The monoisotopic (exact) mass is 438 g/mol. The van der Waals surface area contributed by atoms with E-state index in [1.807, 2.05) is 95.8 Å². The molecular formula is C25H15ClN4S. The van der Waals surface area contributed by atoms with E-state index in [1.54, 1.807) is 0 Å². The lowest BCUT2D eigenvalue weighted by atomic mass is 10.1. The summed E-state index contributed by atoms with van der Waals surface area (Å²) >= 11 is 7.59. The summed E-state index contributed by atoms with van der Waals surface area (Å²) in [6.45, 7) is 0. The average molecular weight is 439 g/mol. The molecule has 2 heterocycles. The minimum absolute atomic E-state index is 0.504. The van der Waals surface area contributed by atoms with Crippen molar-refractivity contribution < 1.29 is 0 Å². The maximum Gasteiger partial charge on any atom is 0.135 e. The normalized spacial score (nSPS) is 11.5. The van der Waals surface area contributed by atoms with Crippen molar-refractivity contribution in [1.29, 1.82) is 5.26 Å². The van der Waals surface area contributed by atoms with Gasteiger partial charge in [0.1, 0.15) is 11.1 Å². The van der Waals surface area contributed by atoms with Crippen LogP contribution in [0.2, 0.25) is 5.02 Å². The zero-order valence-corrected chi connectivity index (χ0v) is 17.8. The second kappa shape index (κ2) is 8.19. The van der Waals surface area contributed by atoms with Crippen molar-refractivity contribution in [2.24, 2.45) is 0 Å². The predicted molar refractivity (Wildman–Crippen MR) is 127 cm³/mol. The Hall–Kier alpha value is -3.72. The number of allylic oxidation sites excluding steroid dienone is 1. The van der Waals surface area contributed by atoms with Gasteiger partial charge in [0.2, 0.25) is 0 Å². The number of thiazole rings is 1. The minimum Gasteiger partial charge on any atom is -0.240 e. The van der Waals surface area contributed by atoms with Crippen molar-refractivity contribution in [3.05, 3.63) is 101 Å². The van der Waals surface area contributed by atoms with E-state index in [1.165, 1.54) is 11.3 Å². The van der Waals surface area contributed by atoms with Crippen LogP contribution in [-0.2, 0) is 0 Å². The molecule has 0 aliphatic rings. The van der Waals surface area contributed by atoms with E-state index in [9.17, 15) is 5.26 Å². The Kier molecular flexibility index (Phi) is 5.09. The second-order valence-electron chi connectivity index (χ2n) is 6.88. The molecule has 5 aromatic rings. The first-order valence-corrected chi connectivity index (χ1v) is 10.8. The highest BCUT2D eigenvalue weighted by Crippen LogP contribution is 2.31. The van der Waals surface area contributed by atoms with Gasteiger partial charge in [-0.25, -0.2) is 9.67 Å². The quantitative estimate of drug-likeness (QED) is 0.288. The topological polar surface area (TPSA) is 54.5 Å². The molecule has 0 saturated heterocycles. The van der Waals surface area contributed by atoms with Crippen LogP contribution in [-0.4, -0.2) is 14.8 Å². The molecule has 4 nitrogen and oxygen atoms in total. The van der Waals surface area contributed by atoms with E-state index in [-0.39, 0.29) is 0 Å². The molecule has 2 aromatic heterocycles. The summed E-state index contributed by atoms with van der Waals surface area (Å²) in [6.07, 6.45) is 3.79. The molecule has 0 spiro atoms. The van der Waals surface area contributed by atoms with Crippen molar-refractivity contribution in [3.63, 3.8) is 0 Å². The minimum atomic E-state index is 0.504. The number of fused-ring (bicyclic) bond motifs is 1. The largest absolute Gasteiger partial charge is 0.240 e. The first kappa shape index (κ1) is 19.3. The van der Waals surface area contributed by atoms with Gasteiger partial charge >= 0.3 is 0 Å². The molecule has 0 aliphatic heterocycles. The number of hydrogen-bond acceptors (Lipinski definition) is 4.